The first-order chi connectivity index (χ1) is 8.75. The fourth-order valence-electron chi connectivity index (χ4n) is 2.05. The van der Waals surface area contributed by atoms with Crippen LogP contribution in [-0.2, 0) is 6.42 Å². The van der Waals surface area contributed by atoms with E-state index in [9.17, 15) is 5.11 Å². The van der Waals surface area contributed by atoms with E-state index in [1.54, 1.807) is 16.5 Å². The Balaban J connectivity index is 2.13. The first-order valence-corrected chi connectivity index (χ1v) is 6.02. The van der Waals surface area contributed by atoms with Gasteiger partial charge >= 0.3 is 0 Å². The van der Waals surface area contributed by atoms with Crippen LogP contribution in [0.2, 0.25) is 5.15 Å². The number of nitrogens with zero attached hydrogens (tertiary/aromatic N) is 2. The van der Waals surface area contributed by atoms with Crippen LogP contribution >= 0.6 is 11.6 Å². The molecule has 2 aromatic heterocycles. The number of aromatic nitrogens is 2. The molecule has 0 atom stereocenters. The van der Waals surface area contributed by atoms with Gasteiger partial charge in [0.05, 0.1) is 5.52 Å². The van der Waals surface area contributed by atoms with Crippen molar-refractivity contribution >= 4 is 17.1 Å². The monoisotopic (exact) mass is 258 g/mol. The maximum Gasteiger partial charge on any atom is 0.197 e. The Morgan fingerprint density at radius 2 is 1.83 bits per heavy atom. The van der Waals surface area contributed by atoms with E-state index in [2.05, 4.69) is 4.98 Å². The van der Waals surface area contributed by atoms with Crippen molar-refractivity contribution in [3.05, 3.63) is 65.1 Å². The fourth-order valence-corrected chi connectivity index (χ4v) is 2.29. The molecule has 0 fully saturated rings. The predicted octanol–water partition coefficient (Wildman–Crippen LogP) is 3.28. The number of fused-ring (bicyclic) bond motifs is 1. The molecule has 1 aromatic carbocycles. The number of pyridine rings is 1. The van der Waals surface area contributed by atoms with Crippen LogP contribution in [0.15, 0.2) is 48.5 Å². The smallest absolute Gasteiger partial charge is 0.197 e. The highest BCUT2D eigenvalue weighted by atomic mass is 35.5. The first kappa shape index (κ1) is 11.1. The molecule has 0 saturated heterocycles. The van der Waals surface area contributed by atoms with E-state index >= 15 is 0 Å². The topological polar surface area (TPSA) is 37.5 Å². The van der Waals surface area contributed by atoms with Gasteiger partial charge in [0.1, 0.15) is 5.82 Å². The molecule has 90 valence electrons. The van der Waals surface area contributed by atoms with Crippen LogP contribution in [0.5, 0.6) is 5.88 Å². The van der Waals surface area contributed by atoms with E-state index in [0.29, 0.717) is 11.6 Å². The van der Waals surface area contributed by atoms with Crippen molar-refractivity contribution < 1.29 is 5.11 Å². The minimum absolute atomic E-state index is 0.151. The van der Waals surface area contributed by atoms with E-state index in [1.165, 1.54) is 0 Å². The van der Waals surface area contributed by atoms with Crippen molar-refractivity contribution in [1.29, 1.82) is 0 Å². The van der Waals surface area contributed by atoms with Crippen LogP contribution in [0.4, 0.5) is 0 Å². The molecule has 4 heteroatoms. The maximum absolute atomic E-state index is 9.91. The van der Waals surface area contributed by atoms with Gasteiger partial charge in [0.25, 0.3) is 0 Å². The molecule has 0 aliphatic carbocycles. The van der Waals surface area contributed by atoms with Crippen molar-refractivity contribution in [2.75, 3.05) is 0 Å². The lowest BCUT2D eigenvalue weighted by molar-refractivity contribution is 0.443. The van der Waals surface area contributed by atoms with Gasteiger partial charge in [0.15, 0.2) is 11.0 Å². The number of halogens is 1. The second kappa shape index (κ2) is 4.35. The summed E-state index contributed by atoms with van der Waals surface area (Å²) in [7, 11) is 0. The van der Waals surface area contributed by atoms with Gasteiger partial charge in [-0.1, -0.05) is 48.0 Å². The lowest BCUT2D eigenvalue weighted by Crippen LogP contribution is -1.96. The molecule has 3 nitrogen and oxygen atoms in total. The summed E-state index contributed by atoms with van der Waals surface area (Å²) < 4.78 is 1.68. The van der Waals surface area contributed by atoms with Crippen molar-refractivity contribution in [2.24, 2.45) is 0 Å². The first-order valence-electron chi connectivity index (χ1n) is 5.64. The summed E-state index contributed by atoms with van der Waals surface area (Å²) in [6.07, 6.45) is 0.631. The molecule has 0 bridgehead atoms. The lowest BCUT2D eigenvalue weighted by atomic mass is 10.1. The molecule has 2 heterocycles. The zero-order valence-electron chi connectivity index (χ0n) is 9.55. The number of imidazole rings is 1. The van der Waals surface area contributed by atoms with Gasteiger partial charge in [0.2, 0.25) is 0 Å². The Labute approximate surface area is 109 Å². The highest BCUT2D eigenvalue weighted by Crippen LogP contribution is 2.24. The van der Waals surface area contributed by atoms with Crippen LogP contribution in [0.3, 0.4) is 0 Å². The van der Waals surface area contributed by atoms with Crippen molar-refractivity contribution in [3.8, 4) is 5.88 Å². The molecular formula is C14H11ClN2O. The molecule has 0 unspecified atom stereocenters. The summed E-state index contributed by atoms with van der Waals surface area (Å²) in [4.78, 5) is 4.31. The second-order valence-corrected chi connectivity index (χ2v) is 4.44. The van der Waals surface area contributed by atoms with E-state index in [-0.39, 0.29) is 5.88 Å². The average molecular weight is 259 g/mol. The Kier molecular flexibility index (Phi) is 2.68. The molecule has 3 rings (SSSR count). The Hall–Kier alpha value is -2.00. The molecule has 0 amide bonds. The fraction of sp³-hybridized carbons (Fsp3) is 0.0714. The largest absolute Gasteiger partial charge is 0.494 e. The predicted molar refractivity (Wildman–Crippen MR) is 71.1 cm³/mol. The maximum atomic E-state index is 9.91. The van der Waals surface area contributed by atoms with E-state index in [0.717, 1.165) is 16.9 Å². The highest BCUT2D eigenvalue weighted by Gasteiger charge is 2.12. The molecular weight excluding hydrogens is 248 g/mol. The quantitative estimate of drug-likeness (QED) is 0.766. The standard InChI is InChI=1S/C14H11ClN2O/c15-14-11-7-4-8-13(18)17(11)12(16-14)9-10-5-2-1-3-6-10/h1-8,18H,9H2. The van der Waals surface area contributed by atoms with Crippen LogP contribution in [0.1, 0.15) is 11.4 Å². The highest BCUT2D eigenvalue weighted by molar-refractivity contribution is 6.32. The molecule has 0 aliphatic rings. The minimum atomic E-state index is 0.151. The Bertz CT molecular complexity index is 692. The number of hydrogen-bond acceptors (Lipinski definition) is 2. The SMILES string of the molecule is Oc1cccc2c(Cl)nc(Cc3ccccc3)n12. The average Bonchev–Trinajstić information content (AvgIpc) is 2.69. The van der Waals surface area contributed by atoms with Crippen molar-refractivity contribution in [3.63, 3.8) is 0 Å². The minimum Gasteiger partial charge on any atom is -0.494 e. The van der Waals surface area contributed by atoms with Gasteiger partial charge in [-0.05, 0) is 17.7 Å². The van der Waals surface area contributed by atoms with Gasteiger partial charge in [-0.3, -0.25) is 4.40 Å². The van der Waals surface area contributed by atoms with Gasteiger partial charge in [-0.15, -0.1) is 0 Å². The third-order valence-corrected chi connectivity index (χ3v) is 3.15. The zero-order chi connectivity index (χ0) is 12.5. The van der Waals surface area contributed by atoms with E-state index < -0.39 is 0 Å². The van der Waals surface area contributed by atoms with Crippen molar-refractivity contribution in [2.45, 2.75) is 6.42 Å². The van der Waals surface area contributed by atoms with Crippen molar-refractivity contribution in [1.82, 2.24) is 9.38 Å². The van der Waals surface area contributed by atoms with E-state index in [1.807, 2.05) is 36.4 Å². The van der Waals surface area contributed by atoms with Gasteiger partial charge < -0.3 is 5.11 Å². The molecule has 0 radical (unpaired) electrons. The Morgan fingerprint density at radius 1 is 1.06 bits per heavy atom. The van der Waals surface area contributed by atoms with Gasteiger partial charge in [-0.25, -0.2) is 4.98 Å². The number of aromatic hydroxyl groups is 1. The molecule has 3 aromatic rings. The second-order valence-electron chi connectivity index (χ2n) is 4.09. The number of hydrogen-bond donors (Lipinski definition) is 1. The molecule has 18 heavy (non-hydrogen) atoms. The summed E-state index contributed by atoms with van der Waals surface area (Å²) in [5.41, 5.74) is 1.85. The molecule has 0 aliphatic heterocycles. The molecule has 0 spiro atoms. The van der Waals surface area contributed by atoms with Gasteiger partial charge in [-0.2, -0.15) is 0 Å². The summed E-state index contributed by atoms with van der Waals surface area (Å²) in [6, 6.07) is 15.2. The number of benzene rings is 1. The summed E-state index contributed by atoms with van der Waals surface area (Å²) >= 11 is 6.07. The zero-order valence-corrected chi connectivity index (χ0v) is 10.3. The van der Waals surface area contributed by atoms with Gasteiger partial charge in [0, 0.05) is 6.42 Å². The lowest BCUT2D eigenvalue weighted by Gasteiger charge is -2.03. The third kappa shape index (κ3) is 1.83. The summed E-state index contributed by atoms with van der Waals surface area (Å²) in [6.45, 7) is 0. The third-order valence-electron chi connectivity index (χ3n) is 2.87. The van der Waals surface area contributed by atoms with Crippen LogP contribution in [-0.4, -0.2) is 14.5 Å². The summed E-state index contributed by atoms with van der Waals surface area (Å²) in [5.74, 6) is 0.886. The molecule has 1 N–H and O–H groups in total. The Morgan fingerprint density at radius 3 is 2.61 bits per heavy atom. The number of rotatable bonds is 2. The van der Waals surface area contributed by atoms with Crippen LogP contribution in [0.25, 0.3) is 5.52 Å². The van der Waals surface area contributed by atoms with Crippen LogP contribution in [0, 0.1) is 0 Å². The summed E-state index contributed by atoms with van der Waals surface area (Å²) in [5, 5.41) is 10.3. The normalized spacial score (nSPS) is 10.9. The van der Waals surface area contributed by atoms with Crippen LogP contribution < -0.4 is 0 Å². The van der Waals surface area contributed by atoms with E-state index in [4.69, 9.17) is 11.6 Å². The molecule has 0 saturated carbocycles.